The molecule has 34 heavy (non-hydrogen) atoms. The van der Waals surface area contributed by atoms with Crippen LogP contribution in [0, 0.1) is 0 Å². The van der Waals surface area contributed by atoms with Gasteiger partial charge in [0.25, 0.3) is 5.91 Å². The summed E-state index contributed by atoms with van der Waals surface area (Å²) in [6.45, 7) is 2.81. The maximum absolute atomic E-state index is 13.7. The Morgan fingerprint density at radius 3 is 2.56 bits per heavy atom. The number of hydrogen-bond donors (Lipinski definition) is 1. The summed E-state index contributed by atoms with van der Waals surface area (Å²) in [6, 6.07) is 11.7. The molecular formula is C26H26ClNO6. The molecule has 2 aromatic carbocycles. The number of methoxy groups -OCH3 is 2. The fraction of sp³-hybridized carbons (Fsp3) is 0.308. The van der Waals surface area contributed by atoms with Gasteiger partial charge in [0.1, 0.15) is 0 Å². The second-order valence-corrected chi connectivity index (χ2v) is 8.51. The Morgan fingerprint density at radius 2 is 1.91 bits per heavy atom. The van der Waals surface area contributed by atoms with Gasteiger partial charge in [0.05, 0.1) is 18.7 Å². The fourth-order valence-corrected chi connectivity index (χ4v) is 4.48. The Hall–Kier alpha value is -3.29. The monoisotopic (exact) mass is 483 g/mol. The number of ether oxygens (including phenoxy) is 2. The van der Waals surface area contributed by atoms with Gasteiger partial charge in [0.2, 0.25) is 5.78 Å². The Bertz CT molecular complexity index is 1260. The first-order valence-corrected chi connectivity index (χ1v) is 11.4. The molecular weight excluding hydrogens is 458 g/mol. The highest BCUT2D eigenvalue weighted by Gasteiger charge is 2.44. The number of halogens is 1. The van der Waals surface area contributed by atoms with E-state index in [4.69, 9.17) is 25.5 Å². The minimum atomic E-state index is -0.749. The van der Waals surface area contributed by atoms with Crippen molar-refractivity contribution in [3.8, 4) is 5.75 Å². The number of carbonyl (C=O) groups excluding carboxylic acids is 2. The van der Waals surface area contributed by atoms with Crippen LogP contribution in [0.2, 0.25) is 5.02 Å². The molecule has 1 aliphatic rings. The van der Waals surface area contributed by atoms with Crippen LogP contribution in [0.15, 0.2) is 58.2 Å². The van der Waals surface area contributed by atoms with Crippen molar-refractivity contribution in [1.82, 2.24) is 4.90 Å². The Labute approximate surface area is 202 Å². The van der Waals surface area contributed by atoms with Crippen LogP contribution in [-0.2, 0) is 16.0 Å². The topological polar surface area (TPSA) is 89.2 Å². The number of aliphatic hydroxyl groups is 1. The molecule has 0 spiro atoms. The van der Waals surface area contributed by atoms with Gasteiger partial charge in [-0.15, -0.1) is 0 Å². The van der Waals surface area contributed by atoms with Gasteiger partial charge in [0.15, 0.2) is 22.9 Å². The van der Waals surface area contributed by atoms with Gasteiger partial charge < -0.3 is 23.9 Å². The van der Waals surface area contributed by atoms with E-state index in [1.807, 2.05) is 31.2 Å². The van der Waals surface area contributed by atoms with Crippen LogP contribution in [0.5, 0.6) is 5.75 Å². The van der Waals surface area contributed by atoms with Crippen molar-refractivity contribution >= 4 is 34.3 Å². The number of nitrogens with zero attached hydrogens (tertiary/aromatic N) is 1. The number of ketones is 1. The number of aliphatic hydroxyl groups excluding tert-OH is 1. The maximum atomic E-state index is 13.7. The summed E-state index contributed by atoms with van der Waals surface area (Å²) < 4.78 is 16.3. The first-order chi connectivity index (χ1) is 16.4. The highest BCUT2D eigenvalue weighted by molar-refractivity contribution is 6.31. The van der Waals surface area contributed by atoms with Crippen molar-refractivity contribution in [3.05, 3.63) is 75.7 Å². The van der Waals surface area contributed by atoms with E-state index in [1.165, 1.54) is 12.0 Å². The standard InChI is InChI=1S/C26H26ClNO6/c1-4-15-6-8-16(9-7-15)22-21(24(30)26(31)28(22)10-5-11-32-2)23(29)19-13-17-12-18(27)14-20(33-3)25(17)34-19/h6-9,12-14,22,30H,4-5,10-11H2,1-3H3. The van der Waals surface area contributed by atoms with Gasteiger partial charge in [-0.3, -0.25) is 9.59 Å². The van der Waals surface area contributed by atoms with E-state index >= 15 is 0 Å². The van der Waals surface area contributed by atoms with Gasteiger partial charge in [-0.25, -0.2) is 0 Å². The third kappa shape index (κ3) is 4.29. The zero-order chi connectivity index (χ0) is 24.4. The quantitative estimate of drug-likeness (QED) is 0.329. The summed E-state index contributed by atoms with van der Waals surface area (Å²) in [5, 5.41) is 11.8. The summed E-state index contributed by atoms with van der Waals surface area (Å²) in [5.41, 5.74) is 2.20. The van der Waals surface area contributed by atoms with Crippen LogP contribution < -0.4 is 4.74 Å². The number of amides is 1. The summed E-state index contributed by atoms with van der Waals surface area (Å²) in [4.78, 5) is 28.2. The molecule has 0 saturated heterocycles. The predicted octanol–water partition coefficient (Wildman–Crippen LogP) is 5.27. The molecule has 1 aliphatic heterocycles. The van der Waals surface area contributed by atoms with Gasteiger partial charge in [-0.1, -0.05) is 42.8 Å². The molecule has 178 valence electrons. The van der Waals surface area contributed by atoms with Gasteiger partial charge in [-0.05, 0) is 36.1 Å². The molecule has 1 unspecified atom stereocenters. The summed E-state index contributed by atoms with van der Waals surface area (Å²) in [7, 11) is 3.06. The second-order valence-electron chi connectivity index (χ2n) is 8.07. The summed E-state index contributed by atoms with van der Waals surface area (Å²) >= 11 is 6.15. The highest BCUT2D eigenvalue weighted by atomic mass is 35.5. The maximum Gasteiger partial charge on any atom is 0.290 e. The molecule has 0 radical (unpaired) electrons. The lowest BCUT2D eigenvalue weighted by molar-refractivity contribution is -0.129. The molecule has 1 aromatic heterocycles. The van der Waals surface area contributed by atoms with Gasteiger partial charge in [-0.2, -0.15) is 0 Å². The summed E-state index contributed by atoms with van der Waals surface area (Å²) in [5.74, 6) is -1.37. The number of hydrogen-bond acceptors (Lipinski definition) is 6. The van der Waals surface area contributed by atoms with E-state index in [9.17, 15) is 14.7 Å². The van der Waals surface area contributed by atoms with Crippen molar-refractivity contribution in [3.63, 3.8) is 0 Å². The zero-order valence-electron chi connectivity index (χ0n) is 19.3. The van der Waals surface area contributed by atoms with Crippen LogP contribution in [0.3, 0.4) is 0 Å². The van der Waals surface area contributed by atoms with E-state index in [1.54, 1.807) is 25.3 Å². The summed E-state index contributed by atoms with van der Waals surface area (Å²) in [6.07, 6.45) is 1.42. The number of rotatable bonds is 9. The molecule has 4 rings (SSSR count). The molecule has 0 bridgehead atoms. The van der Waals surface area contributed by atoms with Crippen molar-refractivity contribution in [2.24, 2.45) is 0 Å². The molecule has 0 saturated carbocycles. The van der Waals surface area contributed by atoms with Crippen LogP contribution in [0.4, 0.5) is 0 Å². The van der Waals surface area contributed by atoms with E-state index in [0.29, 0.717) is 41.3 Å². The smallest absolute Gasteiger partial charge is 0.290 e. The number of benzene rings is 2. The van der Waals surface area contributed by atoms with E-state index in [2.05, 4.69) is 0 Å². The normalized spacial score (nSPS) is 16.1. The number of furan rings is 1. The molecule has 1 N–H and O–H groups in total. The minimum Gasteiger partial charge on any atom is -0.503 e. The van der Waals surface area contributed by atoms with Crippen LogP contribution >= 0.6 is 11.6 Å². The number of fused-ring (bicyclic) bond motifs is 1. The minimum absolute atomic E-state index is 0.0150. The van der Waals surface area contributed by atoms with E-state index < -0.39 is 23.5 Å². The first-order valence-electron chi connectivity index (χ1n) is 11.0. The van der Waals surface area contributed by atoms with Crippen molar-refractivity contribution in [1.29, 1.82) is 0 Å². The predicted molar refractivity (Wildman–Crippen MR) is 129 cm³/mol. The zero-order valence-corrected chi connectivity index (χ0v) is 20.0. The Morgan fingerprint density at radius 1 is 1.18 bits per heavy atom. The van der Waals surface area contributed by atoms with Crippen LogP contribution in [0.25, 0.3) is 11.0 Å². The highest BCUT2D eigenvalue weighted by Crippen LogP contribution is 2.40. The average Bonchev–Trinajstić information content (AvgIpc) is 3.38. The Balaban J connectivity index is 1.78. The Kier molecular flexibility index (Phi) is 6.95. The van der Waals surface area contributed by atoms with Crippen molar-refractivity contribution in [2.75, 3.05) is 27.4 Å². The molecule has 2 heterocycles. The molecule has 7 nitrogen and oxygen atoms in total. The molecule has 1 amide bonds. The van der Waals surface area contributed by atoms with Crippen molar-refractivity contribution in [2.45, 2.75) is 25.8 Å². The molecule has 0 fully saturated rings. The van der Waals surface area contributed by atoms with Gasteiger partial charge >= 0.3 is 0 Å². The van der Waals surface area contributed by atoms with Crippen LogP contribution in [0.1, 0.15) is 41.1 Å². The van der Waals surface area contributed by atoms with E-state index in [0.717, 1.165) is 17.5 Å². The second kappa shape index (κ2) is 9.91. The molecule has 0 aliphatic carbocycles. The van der Waals surface area contributed by atoms with E-state index in [-0.39, 0.29) is 11.3 Å². The van der Waals surface area contributed by atoms with Crippen molar-refractivity contribution < 1.29 is 28.6 Å². The fourth-order valence-electron chi connectivity index (χ4n) is 4.26. The first kappa shape index (κ1) is 23.9. The number of aryl methyl sites for hydroxylation is 1. The molecule has 8 heteroatoms. The number of Topliss-reactive ketones (excluding diaryl/α,β-unsaturated/α-hetero) is 1. The third-order valence-electron chi connectivity index (χ3n) is 5.99. The number of carbonyl (C=O) groups is 2. The lowest BCUT2D eigenvalue weighted by atomic mass is 9.94. The van der Waals surface area contributed by atoms with Crippen LogP contribution in [-0.4, -0.2) is 49.1 Å². The SMILES string of the molecule is CCc1ccc(C2C(C(=O)c3cc4cc(Cl)cc(OC)c4o3)=C(O)C(=O)N2CCCOC)cc1. The largest absolute Gasteiger partial charge is 0.503 e. The average molecular weight is 484 g/mol. The lowest BCUT2D eigenvalue weighted by Crippen LogP contribution is -2.32. The molecule has 3 aromatic rings. The third-order valence-corrected chi connectivity index (χ3v) is 6.21. The lowest BCUT2D eigenvalue weighted by Gasteiger charge is -2.26. The molecule has 1 atom stereocenters. The van der Waals surface area contributed by atoms with Gasteiger partial charge in [0, 0.05) is 36.7 Å².